The molecule has 0 aliphatic carbocycles. The van der Waals surface area contributed by atoms with Gasteiger partial charge in [-0.3, -0.25) is 0 Å². The summed E-state index contributed by atoms with van der Waals surface area (Å²) in [5, 5.41) is 0. The minimum absolute atomic E-state index is 1.10. The predicted molar refractivity (Wildman–Crippen MR) is 53.0 cm³/mol. The number of rotatable bonds is 1. The van der Waals surface area contributed by atoms with Crippen LogP contribution >= 0.6 is 15.9 Å². The molecule has 0 unspecified atom stereocenters. The predicted octanol–water partition coefficient (Wildman–Crippen LogP) is 3.63. The van der Waals surface area contributed by atoms with Crippen molar-refractivity contribution in [3.8, 4) is 0 Å². The van der Waals surface area contributed by atoms with Crippen LogP contribution < -0.4 is 0 Å². The van der Waals surface area contributed by atoms with Gasteiger partial charge in [-0.25, -0.2) is 0 Å². The second-order valence-electron chi connectivity index (χ2n) is 2.88. The summed E-state index contributed by atoms with van der Waals surface area (Å²) in [4.78, 5) is 0. The first-order valence-electron chi connectivity index (χ1n) is 3.90. The minimum Gasteiger partial charge on any atom is -0.0613 e. The zero-order valence-electron chi connectivity index (χ0n) is 7.24. The topological polar surface area (TPSA) is 0 Å². The molecule has 1 rings (SSSR count). The Morgan fingerprint density at radius 1 is 1.18 bits per heavy atom. The molecule has 60 valence electrons. The van der Waals surface area contributed by atoms with E-state index in [-0.39, 0.29) is 0 Å². The lowest BCUT2D eigenvalue weighted by atomic mass is 10.1. The van der Waals surface area contributed by atoms with Crippen LogP contribution in [0.2, 0.25) is 0 Å². The van der Waals surface area contributed by atoms with Crippen LogP contribution in [0.5, 0.6) is 0 Å². The Morgan fingerprint density at radius 3 is 2.27 bits per heavy atom. The lowest BCUT2D eigenvalue weighted by Gasteiger charge is -2.05. The molecule has 0 bridgehead atoms. The van der Waals surface area contributed by atoms with Gasteiger partial charge in [0.1, 0.15) is 0 Å². The van der Waals surface area contributed by atoms with E-state index in [1.165, 1.54) is 21.2 Å². The average molecular weight is 213 g/mol. The second kappa shape index (κ2) is 3.40. The third kappa shape index (κ3) is 1.84. The van der Waals surface area contributed by atoms with Gasteiger partial charge in [0.2, 0.25) is 0 Å². The molecule has 0 saturated carbocycles. The zero-order chi connectivity index (χ0) is 8.43. The molecule has 0 atom stereocenters. The van der Waals surface area contributed by atoms with Crippen LogP contribution in [-0.4, -0.2) is 0 Å². The number of hydrogen-bond acceptors (Lipinski definition) is 0. The average Bonchev–Trinajstić information content (AvgIpc) is 1.97. The summed E-state index contributed by atoms with van der Waals surface area (Å²) in [6.07, 6.45) is 1.10. The summed E-state index contributed by atoms with van der Waals surface area (Å²) in [6, 6.07) is 4.44. The molecule has 0 aliphatic rings. The smallest absolute Gasteiger partial charge is 0.0210 e. The first kappa shape index (κ1) is 8.79. The summed E-state index contributed by atoms with van der Waals surface area (Å²) in [5.41, 5.74) is 4.13. The molecule has 11 heavy (non-hydrogen) atoms. The van der Waals surface area contributed by atoms with Crippen molar-refractivity contribution in [2.24, 2.45) is 0 Å². The van der Waals surface area contributed by atoms with Crippen LogP contribution in [0.3, 0.4) is 0 Å². The third-order valence-corrected chi connectivity index (χ3v) is 2.78. The lowest BCUT2D eigenvalue weighted by molar-refractivity contribution is 1.11. The monoisotopic (exact) mass is 212 g/mol. The van der Waals surface area contributed by atoms with Gasteiger partial charge in [-0.1, -0.05) is 28.9 Å². The fraction of sp³-hybridized carbons (Fsp3) is 0.400. The maximum Gasteiger partial charge on any atom is 0.0210 e. The largest absolute Gasteiger partial charge is 0.0613 e. The molecule has 0 saturated heterocycles. The summed E-state index contributed by atoms with van der Waals surface area (Å²) >= 11 is 3.54. The van der Waals surface area contributed by atoms with E-state index in [9.17, 15) is 0 Å². The highest BCUT2D eigenvalue weighted by molar-refractivity contribution is 9.10. The van der Waals surface area contributed by atoms with E-state index in [1.807, 2.05) is 0 Å². The van der Waals surface area contributed by atoms with Crippen LogP contribution in [0, 0.1) is 13.8 Å². The summed E-state index contributed by atoms with van der Waals surface area (Å²) in [7, 11) is 0. The molecule has 0 aromatic heterocycles. The van der Waals surface area contributed by atoms with Gasteiger partial charge in [0.25, 0.3) is 0 Å². The van der Waals surface area contributed by atoms with E-state index >= 15 is 0 Å². The van der Waals surface area contributed by atoms with Gasteiger partial charge < -0.3 is 0 Å². The summed E-state index contributed by atoms with van der Waals surface area (Å²) in [6.45, 7) is 6.47. The number of hydrogen-bond donors (Lipinski definition) is 0. The Kier molecular flexibility index (Phi) is 2.72. The molecule has 0 spiro atoms. The Balaban J connectivity index is 3.21. The van der Waals surface area contributed by atoms with Crippen LogP contribution in [0.25, 0.3) is 0 Å². The van der Waals surface area contributed by atoms with Crippen molar-refractivity contribution < 1.29 is 0 Å². The maximum atomic E-state index is 3.54. The van der Waals surface area contributed by atoms with E-state index in [1.54, 1.807) is 0 Å². The molecule has 0 heterocycles. The van der Waals surface area contributed by atoms with Crippen molar-refractivity contribution in [2.45, 2.75) is 27.2 Å². The van der Waals surface area contributed by atoms with Crippen LogP contribution in [0.15, 0.2) is 16.6 Å². The molecular formula is C10H13Br. The molecule has 1 heteroatoms. The highest BCUT2D eigenvalue weighted by atomic mass is 79.9. The van der Waals surface area contributed by atoms with Crippen LogP contribution in [0.4, 0.5) is 0 Å². The van der Waals surface area contributed by atoms with E-state index in [2.05, 4.69) is 48.8 Å². The van der Waals surface area contributed by atoms with Crippen molar-refractivity contribution in [2.75, 3.05) is 0 Å². The van der Waals surface area contributed by atoms with Crippen molar-refractivity contribution in [3.05, 3.63) is 33.3 Å². The van der Waals surface area contributed by atoms with Crippen molar-refractivity contribution in [3.63, 3.8) is 0 Å². The Bertz CT molecular complexity index is 264. The van der Waals surface area contributed by atoms with Crippen molar-refractivity contribution in [1.82, 2.24) is 0 Å². The van der Waals surface area contributed by atoms with E-state index in [4.69, 9.17) is 0 Å². The van der Waals surface area contributed by atoms with Gasteiger partial charge in [-0.2, -0.15) is 0 Å². The number of benzene rings is 1. The molecule has 0 radical (unpaired) electrons. The highest BCUT2D eigenvalue weighted by Gasteiger charge is 1.99. The molecule has 0 amide bonds. The molecule has 0 aliphatic heterocycles. The third-order valence-electron chi connectivity index (χ3n) is 2.04. The van der Waals surface area contributed by atoms with Crippen LogP contribution in [0.1, 0.15) is 23.6 Å². The Hall–Kier alpha value is -0.300. The van der Waals surface area contributed by atoms with E-state index in [0.29, 0.717) is 0 Å². The summed E-state index contributed by atoms with van der Waals surface area (Å²) < 4.78 is 1.24. The van der Waals surface area contributed by atoms with Gasteiger partial charge in [0.15, 0.2) is 0 Å². The lowest BCUT2D eigenvalue weighted by Crippen LogP contribution is -1.87. The van der Waals surface area contributed by atoms with Gasteiger partial charge in [-0.15, -0.1) is 0 Å². The maximum absolute atomic E-state index is 3.54. The fourth-order valence-corrected chi connectivity index (χ4v) is 1.85. The Labute approximate surface area is 76.8 Å². The van der Waals surface area contributed by atoms with E-state index in [0.717, 1.165) is 6.42 Å². The normalized spacial score (nSPS) is 10.2. The van der Waals surface area contributed by atoms with Gasteiger partial charge in [0, 0.05) is 4.47 Å². The SMILES string of the molecule is CCc1cc(C)c(C)cc1Br. The summed E-state index contributed by atoms with van der Waals surface area (Å²) in [5.74, 6) is 0. The van der Waals surface area contributed by atoms with Crippen molar-refractivity contribution >= 4 is 15.9 Å². The molecule has 1 aromatic rings. The first-order valence-corrected chi connectivity index (χ1v) is 4.70. The molecule has 1 aromatic carbocycles. The van der Waals surface area contributed by atoms with E-state index < -0.39 is 0 Å². The van der Waals surface area contributed by atoms with Gasteiger partial charge in [0.05, 0.1) is 0 Å². The standard InChI is InChI=1S/C10H13Br/c1-4-9-5-7(2)8(3)6-10(9)11/h5-6H,4H2,1-3H3. The molecular weight excluding hydrogens is 200 g/mol. The molecule has 0 nitrogen and oxygen atoms in total. The number of halogens is 1. The molecule has 0 fully saturated rings. The zero-order valence-corrected chi connectivity index (χ0v) is 8.83. The number of aryl methyl sites for hydroxylation is 3. The minimum atomic E-state index is 1.10. The first-order chi connectivity index (χ1) is 5.15. The quantitative estimate of drug-likeness (QED) is 0.668. The fourth-order valence-electron chi connectivity index (χ4n) is 1.11. The molecule has 0 N–H and O–H groups in total. The van der Waals surface area contributed by atoms with Gasteiger partial charge >= 0.3 is 0 Å². The highest BCUT2D eigenvalue weighted by Crippen LogP contribution is 2.21. The second-order valence-corrected chi connectivity index (χ2v) is 3.74. The Morgan fingerprint density at radius 2 is 1.73 bits per heavy atom. The van der Waals surface area contributed by atoms with Gasteiger partial charge in [-0.05, 0) is 43.0 Å². The van der Waals surface area contributed by atoms with Crippen molar-refractivity contribution in [1.29, 1.82) is 0 Å². The van der Waals surface area contributed by atoms with Crippen LogP contribution in [-0.2, 0) is 6.42 Å².